The molecular weight excluding hydrogens is 443 g/mol. The van der Waals surface area contributed by atoms with Crippen LogP contribution in [0.1, 0.15) is 11.1 Å². The molecule has 1 N–H and O–H groups in total. The quantitative estimate of drug-likeness (QED) is 0.460. The fourth-order valence-corrected chi connectivity index (χ4v) is 3.52. The van der Waals surface area contributed by atoms with Gasteiger partial charge in [0.1, 0.15) is 23.7 Å². The Morgan fingerprint density at radius 2 is 1.74 bits per heavy atom. The summed E-state index contributed by atoms with van der Waals surface area (Å²) in [6, 6.07) is 16.6. The van der Waals surface area contributed by atoms with E-state index >= 15 is 0 Å². The number of hydrogen-bond donors (Lipinski definition) is 1. The number of benzene rings is 3. The van der Waals surface area contributed by atoms with Crippen LogP contribution in [0.5, 0.6) is 17.2 Å². The van der Waals surface area contributed by atoms with Gasteiger partial charge in [-0.05, 0) is 42.0 Å². The van der Waals surface area contributed by atoms with Gasteiger partial charge in [-0.1, -0.05) is 30.3 Å². The van der Waals surface area contributed by atoms with Gasteiger partial charge in [0.15, 0.2) is 11.5 Å². The normalized spacial score (nSPS) is 16.1. The highest BCUT2D eigenvalue weighted by Crippen LogP contribution is 2.36. The van der Waals surface area contributed by atoms with E-state index in [-0.39, 0.29) is 30.5 Å². The van der Waals surface area contributed by atoms with E-state index in [4.69, 9.17) is 14.2 Å². The highest BCUT2D eigenvalue weighted by atomic mass is 19.1. The molecular formula is C25H17FN2O6. The molecule has 2 heterocycles. The number of nitrogens with zero attached hydrogens (tertiary/aromatic N) is 1. The molecule has 0 spiro atoms. The third-order valence-corrected chi connectivity index (χ3v) is 5.26. The van der Waals surface area contributed by atoms with Crippen LogP contribution in [0.25, 0.3) is 6.08 Å². The predicted molar refractivity (Wildman–Crippen MR) is 119 cm³/mol. The number of urea groups is 1. The first-order chi connectivity index (χ1) is 16.5. The zero-order valence-corrected chi connectivity index (χ0v) is 17.6. The third-order valence-electron chi connectivity index (χ3n) is 5.26. The van der Waals surface area contributed by atoms with Gasteiger partial charge in [-0.25, -0.2) is 14.1 Å². The minimum Gasteiger partial charge on any atom is -0.489 e. The summed E-state index contributed by atoms with van der Waals surface area (Å²) in [6.07, 6.45) is 1.38. The van der Waals surface area contributed by atoms with Gasteiger partial charge < -0.3 is 14.2 Å². The SMILES string of the molecule is O=C1NC(=O)N(c2ccc3c(c2)OCO3)C(=O)/C1=C/c1ccc(OCc2ccccc2F)cc1. The van der Waals surface area contributed by atoms with Gasteiger partial charge in [-0.2, -0.15) is 0 Å². The van der Waals surface area contributed by atoms with Crippen LogP contribution in [0, 0.1) is 5.82 Å². The van der Waals surface area contributed by atoms with Crippen molar-refractivity contribution in [3.63, 3.8) is 0 Å². The highest BCUT2D eigenvalue weighted by Gasteiger charge is 2.37. The number of barbiturate groups is 1. The molecule has 1 fully saturated rings. The van der Waals surface area contributed by atoms with Crippen LogP contribution in [-0.4, -0.2) is 24.6 Å². The molecule has 0 saturated carbocycles. The van der Waals surface area contributed by atoms with Gasteiger partial charge >= 0.3 is 6.03 Å². The number of carbonyl (C=O) groups excluding carboxylic acids is 3. The molecule has 0 aliphatic carbocycles. The van der Waals surface area contributed by atoms with E-state index < -0.39 is 17.8 Å². The number of anilines is 1. The minimum absolute atomic E-state index is 0.0442. The van der Waals surface area contributed by atoms with Gasteiger partial charge in [0.25, 0.3) is 11.8 Å². The minimum atomic E-state index is -0.858. The molecule has 2 aliphatic rings. The van der Waals surface area contributed by atoms with Crippen LogP contribution < -0.4 is 24.4 Å². The summed E-state index contributed by atoms with van der Waals surface area (Å²) in [5.74, 6) is -0.544. The second-order valence-electron chi connectivity index (χ2n) is 7.44. The maximum atomic E-state index is 13.7. The average Bonchev–Trinajstić information content (AvgIpc) is 3.30. The van der Waals surface area contributed by atoms with Crippen molar-refractivity contribution in [3.05, 3.63) is 89.2 Å². The fourth-order valence-electron chi connectivity index (χ4n) is 3.52. The summed E-state index contributed by atoms with van der Waals surface area (Å²) in [5, 5.41) is 2.18. The summed E-state index contributed by atoms with van der Waals surface area (Å²) >= 11 is 0. The first-order valence-corrected chi connectivity index (χ1v) is 10.3. The molecule has 5 rings (SSSR count). The molecule has 0 atom stereocenters. The zero-order valence-electron chi connectivity index (χ0n) is 17.6. The molecule has 0 radical (unpaired) electrons. The zero-order chi connectivity index (χ0) is 23.7. The number of imide groups is 2. The van der Waals surface area contributed by atoms with E-state index in [1.165, 1.54) is 24.3 Å². The number of carbonyl (C=O) groups is 3. The van der Waals surface area contributed by atoms with Crippen LogP contribution >= 0.6 is 0 Å². The Bertz CT molecular complexity index is 1340. The van der Waals surface area contributed by atoms with Gasteiger partial charge in [-0.3, -0.25) is 14.9 Å². The summed E-state index contributed by atoms with van der Waals surface area (Å²) < 4.78 is 29.9. The number of halogens is 1. The second-order valence-corrected chi connectivity index (χ2v) is 7.44. The van der Waals surface area contributed by atoms with Crippen molar-refractivity contribution >= 4 is 29.6 Å². The lowest BCUT2D eigenvalue weighted by atomic mass is 10.1. The number of nitrogens with one attached hydrogen (secondary N) is 1. The maximum absolute atomic E-state index is 13.7. The molecule has 4 amide bonds. The number of amides is 4. The van der Waals surface area contributed by atoms with Crippen molar-refractivity contribution in [1.29, 1.82) is 0 Å². The van der Waals surface area contributed by atoms with E-state index in [1.54, 1.807) is 48.5 Å². The lowest BCUT2D eigenvalue weighted by Gasteiger charge is -2.26. The number of hydrogen-bond acceptors (Lipinski definition) is 6. The Labute approximate surface area is 193 Å². The van der Waals surface area contributed by atoms with Crippen molar-refractivity contribution in [1.82, 2.24) is 5.32 Å². The summed E-state index contributed by atoms with van der Waals surface area (Å²) in [7, 11) is 0. The number of fused-ring (bicyclic) bond motifs is 1. The Morgan fingerprint density at radius 3 is 2.53 bits per heavy atom. The molecule has 8 nitrogen and oxygen atoms in total. The standard InChI is InChI=1S/C25H17FN2O6/c26-20-4-2-1-3-16(20)13-32-18-8-5-15(6-9-18)11-19-23(29)27-25(31)28(24(19)30)17-7-10-21-22(12-17)34-14-33-21/h1-12H,13-14H2,(H,27,29,31)/b19-11+. The monoisotopic (exact) mass is 460 g/mol. The van der Waals surface area contributed by atoms with Crippen LogP contribution in [-0.2, 0) is 16.2 Å². The molecule has 0 aromatic heterocycles. The molecule has 3 aromatic carbocycles. The van der Waals surface area contributed by atoms with Crippen molar-refractivity contribution in [2.75, 3.05) is 11.7 Å². The van der Waals surface area contributed by atoms with Gasteiger partial charge in [-0.15, -0.1) is 0 Å². The Hall–Kier alpha value is -4.66. The van der Waals surface area contributed by atoms with Gasteiger partial charge in [0.05, 0.1) is 5.69 Å². The molecule has 9 heteroatoms. The second kappa shape index (κ2) is 8.70. The first-order valence-electron chi connectivity index (χ1n) is 10.3. The Balaban J connectivity index is 1.35. The molecule has 0 bridgehead atoms. The molecule has 1 saturated heterocycles. The summed E-state index contributed by atoms with van der Waals surface area (Å²) in [6.45, 7) is 0.100. The summed E-state index contributed by atoms with van der Waals surface area (Å²) in [4.78, 5) is 38.7. The van der Waals surface area contributed by atoms with Crippen LogP contribution in [0.15, 0.2) is 72.3 Å². The molecule has 2 aliphatic heterocycles. The van der Waals surface area contributed by atoms with Crippen molar-refractivity contribution < 1.29 is 33.0 Å². The summed E-state index contributed by atoms with van der Waals surface area (Å²) in [5.41, 5.74) is 0.988. The van der Waals surface area contributed by atoms with E-state index in [2.05, 4.69) is 5.32 Å². The average molecular weight is 460 g/mol. The van der Waals surface area contributed by atoms with Crippen molar-refractivity contribution in [2.45, 2.75) is 6.61 Å². The van der Waals surface area contributed by atoms with E-state index in [0.717, 1.165) is 4.90 Å². The Kier molecular flexibility index (Phi) is 5.43. The molecule has 3 aromatic rings. The number of ether oxygens (including phenoxy) is 3. The third kappa shape index (κ3) is 4.06. The van der Waals surface area contributed by atoms with E-state index in [1.807, 2.05) is 0 Å². The molecule has 0 unspecified atom stereocenters. The van der Waals surface area contributed by atoms with Gasteiger partial charge in [0, 0.05) is 11.6 Å². The van der Waals surface area contributed by atoms with Crippen molar-refractivity contribution in [3.8, 4) is 17.2 Å². The Morgan fingerprint density at radius 1 is 0.971 bits per heavy atom. The predicted octanol–water partition coefficient (Wildman–Crippen LogP) is 3.80. The molecule has 170 valence electrons. The lowest BCUT2D eigenvalue weighted by Crippen LogP contribution is -2.54. The smallest absolute Gasteiger partial charge is 0.335 e. The topological polar surface area (TPSA) is 94.2 Å². The van der Waals surface area contributed by atoms with E-state index in [0.29, 0.717) is 28.4 Å². The maximum Gasteiger partial charge on any atom is 0.335 e. The van der Waals surface area contributed by atoms with Gasteiger partial charge in [0.2, 0.25) is 6.79 Å². The lowest BCUT2D eigenvalue weighted by molar-refractivity contribution is -0.122. The molecule has 34 heavy (non-hydrogen) atoms. The first kappa shape index (κ1) is 21.2. The highest BCUT2D eigenvalue weighted by molar-refractivity contribution is 6.39. The van der Waals surface area contributed by atoms with Crippen LogP contribution in [0.2, 0.25) is 0 Å². The van der Waals surface area contributed by atoms with Crippen molar-refractivity contribution in [2.24, 2.45) is 0 Å². The van der Waals surface area contributed by atoms with Crippen LogP contribution in [0.3, 0.4) is 0 Å². The fraction of sp³-hybridized carbons (Fsp3) is 0.0800. The van der Waals surface area contributed by atoms with Crippen LogP contribution in [0.4, 0.5) is 14.9 Å². The largest absolute Gasteiger partial charge is 0.489 e. The van der Waals surface area contributed by atoms with E-state index in [9.17, 15) is 18.8 Å². The number of rotatable bonds is 5.